The Morgan fingerprint density at radius 3 is 2.36 bits per heavy atom. The lowest BCUT2D eigenvalue weighted by Crippen LogP contribution is -2.23. The van der Waals surface area contributed by atoms with Crippen molar-refractivity contribution in [1.82, 2.24) is 9.97 Å². The summed E-state index contributed by atoms with van der Waals surface area (Å²) in [4.78, 5) is 11.9. The maximum Gasteiger partial charge on any atom is 0.162 e. The van der Waals surface area contributed by atoms with Crippen molar-refractivity contribution in [1.29, 1.82) is 0 Å². The van der Waals surface area contributed by atoms with Crippen LogP contribution >= 0.6 is 15.9 Å². The van der Waals surface area contributed by atoms with Crippen LogP contribution in [0.2, 0.25) is 0 Å². The molecule has 0 saturated heterocycles. The van der Waals surface area contributed by atoms with E-state index >= 15 is 0 Å². The van der Waals surface area contributed by atoms with E-state index in [9.17, 15) is 0 Å². The van der Waals surface area contributed by atoms with Gasteiger partial charge in [-0.05, 0) is 32.0 Å². The van der Waals surface area contributed by atoms with Gasteiger partial charge in [0.25, 0.3) is 0 Å². The van der Waals surface area contributed by atoms with Crippen molar-refractivity contribution < 1.29 is 0 Å². The van der Waals surface area contributed by atoms with Crippen molar-refractivity contribution in [3.05, 3.63) is 53.0 Å². The number of benzene rings is 2. The standard InChI is InChI=1S/C18H18BrN3/c1-3-22(4-2)18-15-12-14(19)10-11-16(15)20-17(21-18)13-8-6-5-7-9-13/h5-12H,3-4H2,1-2H3. The Bertz CT molecular complexity index is 783. The van der Waals surface area contributed by atoms with Gasteiger partial charge in [-0.1, -0.05) is 46.3 Å². The van der Waals surface area contributed by atoms with Crippen LogP contribution in [-0.4, -0.2) is 23.1 Å². The minimum absolute atomic E-state index is 0.775. The number of hydrogen-bond acceptors (Lipinski definition) is 3. The van der Waals surface area contributed by atoms with Crippen LogP contribution in [0.25, 0.3) is 22.3 Å². The molecule has 22 heavy (non-hydrogen) atoms. The number of hydrogen-bond donors (Lipinski definition) is 0. The van der Waals surface area contributed by atoms with Crippen LogP contribution in [0, 0.1) is 0 Å². The van der Waals surface area contributed by atoms with Gasteiger partial charge in [0.15, 0.2) is 5.82 Å². The van der Waals surface area contributed by atoms with E-state index in [0.717, 1.165) is 45.7 Å². The third-order valence-corrected chi connectivity index (χ3v) is 4.23. The topological polar surface area (TPSA) is 29.0 Å². The molecule has 1 aromatic heterocycles. The van der Waals surface area contributed by atoms with Crippen LogP contribution in [0.5, 0.6) is 0 Å². The quantitative estimate of drug-likeness (QED) is 0.665. The number of nitrogens with zero attached hydrogens (tertiary/aromatic N) is 3. The second kappa shape index (κ2) is 6.44. The van der Waals surface area contributed by atoms with E-state index in [0.29, 0.717) is 0 Å². The summed E-state index contributed by atoms with van der Waals surface area (Å²) in [5.74, 6) is 1.77. The number of aromatic nitrogens is 2. The summed E-state index contributed by atoms with van der Waals surface area (Å²) in [6.07, 6.45) is 0. The van der Waals surface area contributed by atoms with E-state index in [1.165, 1.54) is 0 Å². The number of halogens is 1. The highest BCUT2D eigenvalue weighted by Gasteiger charge is 2.13. The second-order valence-corrected chi connectivity index (χ2v) is 5.99. The van der Waals surface area contributed by atoms with Crippen molar-refractivity contribution in [3.63, 3.8) is 0 Å². The van der Waals surface area contributed by atoms with Crippen molar-refractivity contribution >= 4 is 32.7 Å². The minimum Gasteiger partial charge on any atom is -0.357 e. The van der Waals surface area contributed by atoms with E-state index < -0.39 is 0 Å². The molecule has 0 atom stereocenters. The first-order valence-electron chi connectivity index (χ1n) is 7.50. The molecule has 3 aromatic rings. The van der Waals surface area contributed by atoms with Crippen LogP contribution in [0.4, 0.5) is 5.82 Å². The average Bonchev–Trinajstić information content (AvgIpc) is 2.57. The first-order chi connectivity index (χ1) is 10.7. The lowest BCUT2D eigenvalue weighted by molar-refractivity contribution is 0.850. The van der Waals surface area contributed by atoms with Gasteiger partial charge in [0, 0.05) is 28.5 Å². The number of fused-ring (bicyclic) bond motifs is 1. The summed E-state index contributed by atoms with van der Waals surface area (Å²) in [6, 6.07) is 16.3. The normalized spacial score (nSPS) is 10.9. The van der Waals surface area contributed by atoms with Crippen LogP contribution in [0.1, 0.15) is 13.8 Å². The van der Waals surface area contributed by atoms with Crippen molar-refractivity contribution in [2.45, 2.75) is 13.8 Å². The van der Waals surface area contributed by atoms with Gasteiger partial charge in [-0.3, -0.25) is 0 Å². The van der Waals surface area contributed by atoms with Gasteiger partial charge >= 0.3 is 0 Å². The van der Waals surface area contributed by atoms with Gasteiger partial charge in [-0.25, -0.2) is 9.97 Å². The Kier molecular flexibility index (Phi) is 4.39. The molecule has 1 heterocycles. The van der Waals surface area contributed by atoms with E-state index in [2.05, 4.69) is 40.7 Å². The van der Waals surface area contributed by atoms with Gasteiger partial charge in [0.1, 0.15) is 5.82 Å². The van der Waals surface area contributed by atoms with Crippen molar-refractivity contribution in [2.24, 2.45) is 0 Å². The van der Waals surface area contributed by atoms with Crippen molar-refractivity contribution in [3.8, 4) is 11.4 Å². The highest BCUT2D eigenvalue weighted by molar-refractivity contribution is 9.10. The second-order valence-electron chi connectivity index (χ2n) is 5.07. The van der Waals surface area contributed by atoms with Gasteiger partial charge in [-0.2, -0.15) is 0 Å². The zero-order chi connectivity index (χ0) is 15.5. The molecule has 0 unspecified atom stereocenters. The molecule has 0 aliphatic carbocycles. The Balaban J connectivity index is 2.27. The molecule has 0 bridgehead atoms. The molecule has 0 aliphatic rings. The Hall–Kier alpha value is -1.94. The summed E-state index contributed by atoms with van der Waals surface area (Å²) < 4.78 is 1.05. The van der Waals surface area contributed by atoms with E-state index in [1.807, 2.05) is 42.5 Å². The maximum absolute atomic E-state index is 4.85. The summed E-state index contributed by atoms with van der Waals surface area (Å²) in [5, 5.41) is 1.08. The van der Waals surface area contributed by atoms with Crippen LogP contribution < -0.4 is 4.90 Å². The van der Waals surface area contributed by atoms with Gasteiger partial charge in [0.2, 0.25) is 0 Å². The maximum atomic E-state index is 4.85. The first kappa shape index (κ1) is 15.0. The minimum atomic E-state index is 0.775. The fourth-order valence-corrected chi connectivity index (χ4v) is 2.93. The highest BCUT2D eigenvalue weighted by Crippen LogP contribution is 2.29. The molecule has 3 nitrogen and oxygen atoms in total. The third-order valence-electron chi connectivity index (χ3n) is 3.73. The molecule has 0 aliphatic heterocycles. The third kappa shape index (κ3) is 2.83. The van der Waals surface area contributed by atoms with E-state index in [-0.39, 0.29) is 0 Å². The molecule has 0 saturated carbocycles. The molecular formula is C18H18BrN3. The summed E-state index contributed by atoms with van der Waals surface area (Å²) in [5.41, 5.74) is 2.01. The Morgan fingerprint density at radius 2 is 1.68 bits per heavy atom. The molecule has 0 radical (unpaired) electrons. The smallest absolute Gasteiger partial charge is 0.162 e. The molecule has 0 fully saturated rings. The highest BCUT2D eigenvalue weighted by atomic mass is 79.9. The monoisotopic (exact) mass is 355 g/mol. The van der Waals surface area contributed by atoms with Gasteiger partial charge in [0.05, 0.1) is 5.52 Å². The SMILES string of the molecule is CCN(CC)c1nc(-c2ccccc2)nc2ccc(Br)cc12. The molecule has 2 aromatic carbocycles. The predicted octanol–water partition coefficient (Wildman–Crippen LogP) is 4.91. The summed E-state index contributed by atoms with van der Waals surface area (Å²) in [6.45, 7) is 6.14. The predicted molar refractivity (Wildman–Crippen MR) is 96.2 cm³/mol. The molecule has 4 heteroatoms. The fourth-order valence-electron chi connectivity index (χ4n) is 2.57. The van der Waals surface area contributed by atoms with Crippen molar-refractivity contribution in [2.75, 3.05) is 18.0 Å². The van der Waals surface area contributed by atoms with E-state index in [4.69, 9.17) is 9.97 Å². The lowest BCUT2D eigenvalue weighted by atomic mass is 10.1. The van der Waals surface area contributed by atoms with E-state index in [1.54, 1.807) is 0 Å². The fraction of sp³-hybridized carbons (Fsp3) is 0.222. The molecule has 0 amide bonds. The molecule has 0 spiro atoms. The average molecular weight is 356 g/mol. The zero-order valence-corrected chi connectivity index (χ0v) is 14.3. The first-order valence-corrected chi connectivity index (χ1v) is 8.30. The summed E-state index contributed by atoms with van der Waals surface area (Å²) in [7, 11) is 0. The Labute approximate surface area is 139 Å². The number of rotatable bonds is 4. The number of anilines is 1. The van der Waals surface area contributed by atoms with Crippen LogP contribution in [0.15, 0.2) is 53.0 Å². The molecule has 112 valence electrons. The summed E-state index contributed by atoms with van der Waals surface area (Å²) >= 11 is 3.55. The lowest BCUT2D eigenvalue weighted by Gasteiger charge is -2.22. The van der Waals surface area contributed by atoms with Gasteiger partial charge < -0.3 is 4.90 Å². The Morgan fingerprint density at radius 1 is 0.955 bits per heavy atom. The molecule has 0 N–H and O–H groups in total. The largest absolute Gasteiger partial charge is 0.357 e. The van der Waals surface area contributed by atoms with Crippen LogP contribution in [0.3, 0.4) is 0 Å². The van der Waals surface area contributed by atoms with Crippen LogP contribution in [-0.2, 0) is 0 Å². The molecular weight excluding hydrogens is 338 g/mol. The zero-order valence-electron chi connectivity index (χ0n) is 12.8. The molecule has 3 rings (SSSR count). The van der Waals surface area contributed by atoms with Gasteiger partial charge in [-0.15, -0.1) is 0 Å².